The van der Waals surface area contributed by atoms with E-state index >= 15 is 0 Å². The predicted octanol–water partition coefficient (Wildman–Crippen LogP) is 1.84. The number of rotatable bonds is 5. The van der Waals surface area contributed by atoms with Crippen LogP contribution in [0.25, 0.3) is 0 Å². The molecule has 2 heteroatoms. The van der Waals surface area contributed by atoms with Crippen LogP contribution in [0, 0.1) is 0 Å². The van der Waals surface area contributed by atoms with E-state index in [1.165, 1.54) is 24.5 Å². The molecule has 0 nitrogen and oxygen atoms in total. The van der Waals surface area contributed by atoms with E-state index in [0.717, 1.165) is 5.82 Å². The molecule has 84 valence electrons. The Bertz CT molecular complexity index is 272. The van der Waals surface area contributed by atoms with E-state index in [-0.39, 0.29) is 25.0 Å². The van der Waals surface area contributed by atoms with Gasteiger partial charge in [-0.2, -0.15) is 19.0 Å². The van der Waals surface area contributed by atoms with Gasteiger partial charge in [0.1, 0.15) is 0 Å². The van der Waals surface area contributed by atoms with E-state index in [2.05, 4.69) is 58.0 Å². The molecule has 0 aromatic heterocycles. The van der Waals surface area contributed by atoms with Crippen LogP contribution < -0.4 is 18.9 Å². The molecule has 0 aliphatic carbocycles. The fourth-order valence-corrected chi connectivity index (χ4v) is 3.09. The average molecular weight is 210 g/mol. The van der Waals surface area contributed by atoms with Crippen molar-refractivity contribution in [1.82, 2.24) is 0 Å². The van der Waals surface area contributed by atoms with Crippen LogP contribution in [0.15, 0.2) is 30.3 Å². The Labute approximate surface area is 113 Å². The largest absolute Gasteiger partial charge is 1.00 e. The van der Waals surface area contributed by atoms with Gasteiger partial charge in [0.2, 0.25) is 0 Å². The van der Waals surface area contributed by atoms with Crippen molar-refractivity contribution in [2.24, 2.45) is 0 Å². The minimum atomic E-state index is -0.210. The van der Waals surface area contributed by atoms with Gasteiger partial charge in [-0.05, 0) is 0 Å². The van der Waals surface area contributed by atoms with E-state index in [0.29, 0.717) is 0 Å². The van der Waals surface area contributed by atoms with Gasteiger partial charge in [0.25, 0.3) is 0 Å². The van der Waals surface area contributed by atoms with Gasteiger partial charge in [-0.15, -0.1) is 5.82 Å². The summed E-state index contributed by atoms with van der Waals surface area (Å²) in [7, 11) is 0. The maximum absolute atomic E-state index is 2.41. The summed E-state index contributed by atoms with van der Waals surface area (Å²) in [4.78, 5) is 0. The molecule has 0 heterocycles. The molecule has 0 bridgehead atoms. The first-order valence-corrected chi connectivity index (χ1v) is 6.46. The number of hydrogen-bond acceptors (Lipinski definition) is 0. The first kappa shape index (κ1) is 15.9. The maximum atomic E-state index is 2.41. The molecule has 0 saturated heterocycles. The Morgan fingerprint density at radius 3 is 1.75 bits per heavy atom. The topological polar surface area (TPSA) is 0 Å². The van der Waals surface area contributed by atoms with Crippen molar-refractivity contribution < 1.29 is 18.9 Å². The summed E-state index contributed by atoms with van der Waals surface area (Å²) in [5, 5.41) is 0. The minimum absolute atomic E-state index is 0. The van der Waals surface area contributed by atoms with Crippen LogP contribution in [0.1, 0.15) is 39.1 Å². The number of benzene rings is 1. The Morgan fingerprint density at radius 2 is 1.38 bits per heavy atom. The second-order valence-electron chi connectivity index (χ2n) is 5.00. The van der Waals surface area contributed by atoms with Crippen molar-refractivity contribution in [2.45, 2.75) is 52.5 Å². The van der Waals surface area contributed by atoms with Crippen LogP contribution >= 0.6 is 0 Å². The fourth-order valence-electron chi connectivity index (χ4n) is 3.09. The van der Waals surface area contributed by atoms with E-state index in [4.69, 9.17) is 0 Å². The molecule has 0 spiro atoms. The molecule has 0 amide bonds. The van der Waals surface area contributed by atoms with Gasteiger partial charge < -0.3 is 0 Å². The maximum Gasteiger partial charge on any atom is 1.00 e. The van der Waals surface area contributed by atoms with Crippen LogP contribution in [0.5, 0.6) is 0 Å². The molecule has 0 radical (unpaired) electrons. The third-order valence-corrected chi connectivity index (χ3v) is 4.83. The van der Waals surface area contributed by atoms with E-state index in [1.807, 2.05) is 0 Å². The van der Waals surface area contributed by atoms with E-state index < -0.39 is 0 Å². The summed E-state index contributed by atoms with van der Waals surface area (Å²) in [6.07, 6.45) is 3.80. The zero-order chi connectivity index (χ0) is 11.3. The zero-order valence-electron chi connectivity index (χ0n) is 11.7. The number of hydrogen-bond donors (Lipinski definition) is 0. The third-order valence-electron chi connectivity index (χ3n) is 4.83. The van der Waals surface area contributed by atoms with Crippen molar-refractivity contribution in [3.05, 3.63) is 35.9 Å². The smallest absolute Gasteiger partial charge is 0.180 e. The van der Waals surface area contributed by atoms with Gasteiger partial charge in [0.15, 0.2) is 0 Å². The molecular formula is C14H24BLi. The van der Waals surface area contributed by atoms with E-state index in [1.54, 1.807) is 0 Å². The van der Waals surface area contributed by atoms with Crippen LogP contribution in [-0.4, -0.2) is 6.15 Å². The standard InChI is InChI=1S/C14H24B.Li/c1-5-15(6-2,7-3)13(4)14-11-9-8-10-12-14;/h8-13H,5-7H2,1-4H3;/q-1;+1. The molecule has 1 rings (SSSR count). The molecule has 16 heavy (non-hydrogen) atoms. The Balaban J connectivity index is 0.00000225. The molecule has 1 aromatic rings. The third kappa shape index (κ3) is 3.19. The molecule has 0 aliphatic rings. The normalized spacial score (nSPS) is 13.0. The molecule has 1 aromatic carbocycles. The summed E-state index contributed by atoms with van der Waals surface area (Å²) in [6.45, 7) is 9.47. The minimum Gasteiger partial charge on any atom is -0.180 e. The zero-order valence-corrected chi connectivity index (χ0v) is 11.7. The molecule has 0 aliphatic heterocycles. The van der Waals surface area contributed by atoms with E-state index in [9.17, 15) is 0 Å². The summed E-state index contributed by atoms with van der Waals surface area (Å²) in [5.74, 6) is 0.728. The van der Waals surface area contributed by atoms with Gasteiger partial charge in [-0.25, -0.2) is 0 Å². The monoisotopic (exact) mass is 210 g/mol. The van der Waals surface area contributed by atoms with Crippen LogP contribution in [0.3, 0.4) is 0 Å². The van der Waals surface area contributed by atoms with Crippen molar-refractivity contribution >= 4 is 6.15 Å². The predicted molar refractivity (Wildman–Crippen MR) is 72.1 cm³/mol. The van der Waals surface area contributed by atoms with Crippen molar-refractivity contribution in [3.63, 3.8) is 0 Å². The quantitative estimate of drug-likeness (QED) is 0.650. The van der Waals surface area contributed by atoms with Crippen molar-refractivity contribution in [1.29, 1.82) is 0 Å². The first-order valence-electron chi connectivity index (χ1n) is 6.46. The SMILES string of the molecule is CC[B-](CC)(CC)C(C)c1ccccc1.[Li+]. The van der Waals surface area contributed by atoms with Crippen LogP contribution in [-0.2, 0) is 0 Å². The Kier molecular flexibility index (Phi) is 7.20. The van der Waals surface area contributed by atoms with Gasteiger partial charge >= 0.3 is 18.9 Å². The fraction of sp³-hybridized carbons (Fsp3) is 0.571. The van der Waals surface area contributed by atoms with Gasteiger partial charge in [0.05, 0.1) is 0 Å². The molecule has 0 saturated carbocycles. The molecule has 0 N–H and O–H groups in total. The summed E-state index contributed by atoms with van der Waals surface area (Å²) < 4.78 is 0. The van der Waals surface area contributed by atoms with Crippen molar-refractivity contribution in [3.8, 4) is 0 Å². The average Bonchev–Trinajstić information content (AvgIpc) is 2.33. The van der Waals surface area contributed by atoms with Gasteiger partial charge in [-0.1, -0.05) is 63.6 Å². The molecule has 1 atom stereocenters. The first-order chi connectivity index (χ1) is 7.20. The Hall–Kier alpha value is -0.118. The van der Waals surface area contributed by atoms with Crippen LogP contribution in [0.4, 0.5) is 0 Å². The Morgan fingerprint density at radius 1 is 0.938 bits per heavy atom. The molecule has 0 fully saturated rings. The van der Waals surface area contributed by atoms with Gasteiger partial charge in [-0.3, -0.25) is 0 Å². The van der Waals surface area contributed by atoms with Gasteiger partial charge in [0, 0.05) is 6.15 Å². The van der Waals surface area contributed by atoms with Crippen molar-refractivity contribution in [2.75, 3.05) is 0 Å². The molecule has 1 unspecified atom stereocenters. The molecular weight excluding hydrogens is 186 g/mol. The summed E-state index contributed by atoms with van der Waals surface area (Å²) in [5.41, 5.74) is 1.52. The second kappa shape index (κ2) is 7.26. The van der Waals surface area contributed by atoms with Crippen LogP contribution in [0.2, 0.25) is 19.0 Å². The summed E-state index contributed by atoms with van der Waals surface area (Å²) in [6, 6.07) is 11.0. The second-order valence-corrected chi connectivity index (χ2v) is 5.00. The summed E-state index contributed by atoms with van der Waals surface area (Å²) >= 11 is 0.